The molecule has 0 aliphatic carbocycles. The van der Waals surface area contributed by atoms with Crippen molar-refractivity contribution < 1.29 is 20.8 Å². The van der Waals surface area contributed by atoms with Gasteiger partial charge in [-0.3, -0.25) is 0 Å². The molecule has 0 saturated heterocycles. The van der Waals surface area contributed by atoms with Crippen LogP contribution in [0.3, 0.4) is 0 Å². The summed E-state index contributed by atoms with van der Waals surface area (Å²) in [5.74, 6) is 0. The molecule has 6 rings (SSSR count). The summed E-state index contributed by atoms with van der Waals surface area (Å²) in [6.07, 6.45) is 4.72. The number of fused-ring (bicyclic) bond motifs is 4. The predicted molar refractivity (Wildman–Crippen MR) is 206 cm³/mol. The SMILES string of the molecule is CCCc1cc2c(-c3cc([Si](C)(C)C)cc([Si](C)(C)C)c3)c(CCC)ccc2[cH-]1.[Cl][Zr+2][Cl].[c-]1cccc2c1[Si]c1ccccc1-2. The summed E-state index contributed by atoms with van der Waals surface area (Å²) in [5.41, 5.74) is 8.74. The average Bonchev–Trinajstić information content (AvgIpc) is 3.58. The Hall–Kier alpha value is -1.40. The van der Waals surface area contributed by atoms with Crippen LogP contribution in [0.5, 0.6) is 0 Å². The summed E-state index contributed by atoms with van der Waals surface area (Å²) in [7, 11) is 7.87. The molecule has 0 saturated carbocycles. The molecule has 0 nitrogen and oxygen atoms in total. The minimum atomic E-state index is -1.40. The summed E-state index contributed by atoms with van der Waals surface area (Å²) >= 11 is -0.826. The van der Waals surface area contributed by atoms with Crippen molar-refractivity contribution in [1.82, 2.24) is 0 Å². The monoisotopic (exact) mass is 758 g/mol. The molecule has 5 aromatic carbocycles. The van der Waals surface area contributed by atoms with Crippen LogP contribution in [0.25, 0.3) is 33.0 Å². The number of hydrogen-bond acceptors (Lipinski definition) is 0. The second kappa shape index (κ2) is 16.1. The molecule has 0 N–H and O–H groups in total. The van der Waals surface area contributed by atoms with Crippen LogP contribution < -0.4 is 20.7 Å². The summed E-state index contributed by atoms with van der Waals surface area (Å²) in [6, 6.07) is 35.4. The Morgan fingerprint density at radius 3 is 2.00 bits per heavy atom. The molecule has 232 valence electrons. The summed E-state index contributed by atoms with van der Waals surface area (Å²) in [4.78, 5) is 0. The number of benzene rings is 4. The minimum Gasteiger partial charge on any atom is -0.184 e. The third-order valence-corrected chi connectivity index (χ3v) is 13.8. The summed E-state index contributed by atoms with van der Waals surface area (Å²) in [5, 5.41) is 8.91. The van der Waals surface area contributed by atoms with Crippen LogP contribution in [0.1, 0.15) is 37.8 Å². The molecule has 1 heterocycles. The van der Waals surface area contributed by atoms with E-state index < -0.39 is 37.0 Å². The molecular weight excluding hydrogens is 715 g/mol. The van der Waals surface area contributed by atoms with E-state index in [2.05, 4.69) is 138 Å². The fraction of sp³-hybridized carbons (Fsp3) is 0.308. The van der Waals surface area contributed by atoms with Crippen molar-refractivity contribution in [2.75, 3.05) is 0 Å². The Kier molecular flexibility index (Phi) is 13.1. The van der Waals surface area contributed by atoms with Crippen LogP contribution in [-0.4, -0.2) is 25.7 Å². The van der Waals surface area contributed by atoms with Gasteiger partial charge in [-0.1, -0.05) is 141 Å². The molecule has 1 aliphatic heterocycles. The largest absolute Gasteiger partial charge is 0.184 e. The van der Waals surface area contributed by atoms with E-state index in [4.69, 9.17) is 17.0 Å². The number of halogens is 2. The normalized spacial score (nSPS) is 12.0. The van der Waals surface area contributed by atoms with Crippen molar-refractivity contribution in [3.8, 4) is 22.3 Å². The van der Waals surface area contributed by atoms with E-state index in [9.17, 15) is 0 Å². The van der Waals surface area contributed by atoms with Gasteiger partial charge in [0.25, 0.3) is 0 Å². The molecule has 1 aliphatic rings. The van der Waals surface area contributed by atoms with Crippen molar-refractivity contribution in [2.45, 2.75) is 78.8 Å². The van der Waals surface area contributed by atoms with Gasteiger partial charge in [0.1, 0.15) is 0 Å². The molecule has 0 fully saturated rings. The number of hydrogen-bond donors (Lipinski definition) is 0. The zero-order chi connectivity index (χ0) is 32.8. The molecule has 2 radical (unpaired) electrons. The van der Waals surface area contributed by atoms with Crippen molar-refractivity contribution in [1.29, 1.82) is 0 Å². The van der Waals surface area contributed by atoms with Crippen LogP contribution in [0.4, 0.5) is 0 Å². The van der Waals surface area contributed by atoms with E-state index in [1.807, 2.05) is 6.07 Å². The molecule has 0 atom stereocenters. The molecular formula is C39H46Cl2Si3Zr. The van der Waals surface area contributed by atoms with Crippen LogP contribution in [0.15, 0.2) is 84.9 Å². The first-order valence-corrected chi connectivity index (χ1v) is 30.4. The van der Waals surface area contributed by atoms with Crippen LogP contribution >= 0.6 is 17.0 Å². The van der Waals surface area contributed by atoms with E-state index in [0.717, 1.165) is 15.9 Å². The van der Waals surface area contributed by atoms with E-state index >= 15 is 0 Å². The molecule has 5 aromatic rings. The maximum atomic E-state index is 4.93. The molecule has 45 heavy (non-hydrogen) atoms. The number of rotatable bonds is 7. The summed E-state index contributed by atoms with van der Waals surface area (Å²) < 4.78 is 0. The zero-order valence-corrected chi connectivity index (χ0v) is 35.1. The van der Waals surface area contributed by atoms with Gasteiger partial charge in [0.15, 0.2) is 0 Å². The van der Waals surface area contributed by atoms with Gasteiger partial charge >= 0.3 is 37.9 Å². The van der Waals surface area contributed by atoms with Gasteiger partial charge < -0.3 is 0 Å². The predicted octanol–water partition coefficient (Wildman–Crippen LogP) is 9.72. The van der Waals surface area contributed by atoms with Crippen molar-refractivity contribution in [2.24, 2.45) is 0 Å². The second-order valence-electron chi connectivity index (χ2n) is 14.0. The van der Waals surface area contributed by atoms with Crippen LogP contribution in [-0.2, 0) is 33.7 Å². The Labute approximate surface area is 295 Å². The average molecular weight is 761 g/mol. The fourth-order valence-electron chi connectivity index (χ4n) is 6.00. The second-order valence-corrected chi connectivity index (χ2v) is 29.1. The Morgan fingerprint density at radius 1 is 0.756 bits per heavy atom. The Bertz CT molecular complexity index is 1650. The first kappa shape index (κ1) is 36.4. The van der Waals surface area contributed by atoms with Gasteiger partial charge in [-0.2, -0.15) is 35.5 Å². The topological polar surface area (TPSA) is 0 Å². The van der Waals surface area contributed by atoms with Crippen LogP contribution in [0, 0.1) is 6.07 Å². The molecule has 0 unspecified atom stereocenters. The smallest absolute Gasteiger partial charge is 0.0920 e. The van der Waals surface area contributed by atoms with Gasteiger partial charge in [0.2, 0.25) is 0 Å². The van der Waals surface area contributed by atoms with E-state index in [0.29, 0.717) is 0 Å². The maximum absolute atomic E-state index is 4.93. The third kappa shape index (κ3) is 9.15. The molecule has 0 bridgehead atoms. The van der Waals surface area contributed by atoms with Crippen molar-refractivity contribution >= 4 is 74.2 Å². The zero-order valence-electron chi connectivity index (χ0n) is 28.2. The summed E-state index contributed by atoms with van der Waals surface area (Å²) in [6.45, 7) is 19.5. The van der Waals surface area contributed by atoms with E-state index in [1.54, 1.807) is 10.4 Å². The molecule has 0 amide bonds. The van der Waals surface area contributed by atoms with E-state index in [-0.39, 0.29) is 0 Å². The third-order valence-electron chi connectivity index (χ3n) is 8.38. The minimum absolute atomic E-state index is 0.795. The maximum Gasteiger partial charge on any atom is 0.0920 e. The van der Waals surface area contributed by atoms with Gasteiger partial charge in [-0.05, 0) is 18.4 Å². The van der Waals surface area contributed by atoms with E-state index in [1.165, 1.54) is 73.8 Å². The first-order chi connectivity index (χ1) is 21.4. The molecule has 0 spiro atoms. The quantitative estimate of drug-likeness (QED) is 0.112. The van der Waals surface area contributed by atoms with Gasteiger partial charge in [-0.25, -0.2) is 0 Å². The Morgan fingerprint density at radius 2 is 1.38 bits per heavy atom. The first-order valence-electron chi connectivity index (χ1n) is 16.1. The van der Waals surface area contributed by atoms with Crippen LogP contribution in [0.2, 0.25) is 39.3 Å². The number of aryl methyl sites for hydroxylation is 2. The van der Waals surface area contributed by atoms with Gasteiger partial charge in [-0.15, -0.1) is 40.1 Å². The standard InChI is InChI=1S/C27H39Si2.C12H7Si.2ClH.Zr/c1-9-11-20-15-22-14-13-21(12-10-2)27(26(22)16-20)23-17-24(28(3,4)5)19-25(18-23)29(6,7)8;1-3-7-11-9(5-1)10-6-2-4-8-12(10)13-11;;;/h13-19H,9-12H2,1-8H3;1-7H;2*1H;/q2*-1;;;+4/p-2. The molecule has 6 heteroatoms. The van der Waals surface area contributed by atoms with Gasteiger partial charge in [0.05, 0.1) is 25.7 Å². The van der Waals surface area contributed by atoms with Gasteiger partial charge in [0, 0.05) is 0 Å². The Balaban J connectivity index is 0.000000236. The fourth-order valence-corrected chi connectivity index (χ4v) is 9.81. The van der Waals surface area contributed by atoms with Crippen molar-refractivity contribution in [3.05, 3.63) is 102 Å². The molecule has 0 aromatic heterocycles. The van der Waals surface area contributed by atoms with Crippen molar-refractivity contribution in [3.63, 3.8) is 0 Å².